The molecule has 0 heterocycles. The van der Waals surface area contributed by atoms with Gasteiger partial charge in [0, 0.05) is 13.0 Å². The first-order valence-electron chi connectivity index (χ1n) is 6.81. The fourth-order valence-electron chi connectivity index (χ4n) is 1.83. The van der Waals surface area contributed by atoms with Gasteiger partial charge in [0.15, 0.2) is 5.75 Å². The summed E-state index contributed by atoms with van der Waals surface area (Å²) in [5.41, 5.74) is 0.290. The Hall–Kier alpha value is -2.31. The van der Waals surface area contributed by atoms with Crippen LogP contribution in [0, 0.1) is 10.1 Å². The highest BCUT2D eigenvalue weighted by Gasteiger charge is 2.21. The first kappa shape index (κ1) is 16.7. The maximum absolute atomic E-state index is 11.2. The molecule has 0 fully saturated rings. The van der Waals surface area contributed by atoms with Crippen LogP contribution in [-0.4, -0.2) is 28.6 Å². The van der Waals surface area contributed by atoms with Crippen molar-refractivity contribution in [3.63, 3.8) is 0 Å². The molecule has 0 unspecified atom stereocenters. The zero-order chi connectivity index (χ0) is 15.8. The van der Waals surface area contributed by atoms with Crippen LogP contribution in [0.15, 0.2) is 18.2 Å². The number of rotatable bonds is 9. The van der Waals surface area contributed by atoms with Crippen molar-refractivity contribution in [1.29, 1.82) is 0 Å². The molecule has 1 aromatic carbocycles. The van der Waals surface area contributed by atoms with Crippen molar-refractivity contribution in [3.8, 4) is 5.75 Å². The summed E-state index contributed by atoms with van der Waals surface area (Å²) >= 11 is 0. The minimum Gasteiger partial charge on any atom is -0.484 e. The van der Waals surface area contributed by atoms with Crippen molar-refractivity contribution in [2.45, 2.75) is 39.2 Å². The van der Waals surface area contributed by atoms with Gasteiger partial charge in [-0.25, -0.2) is 0 Å². The minimum absolute atomic E-state index is 0.0931. The molecule has 116 valence electrons. The van der Waals surface area contributed by atoms with Gasteiger partial charge in [0.2, 0.25) is 0 Å². The molecule has 0 aliphatic rings. The summed E-state index contributed by atoms with van der Waals surface area (Å²) in [7, 11) is 0. The van der Waals surface area contributed by atoms with Gasteiger partial charge in [-0.2, -0.15) is 0 Å². The van der Waals surface area contributed by atoms with E-state index in [0.717, 1.165) is 0 Å². The van der Waals surface area contributed by atoms with Crippen LogP contribution in [-0.2, 0) is 4.79 Å². The molecule has 0 bridgehead atoms. The molecular weight excluding hydrogens is 276 g/mol. The highest BCUT2D eigenvalue weighted by Crippen LogP contribution is 2.35. The van der Waals surface area contributed by atoms with Gasteiger partial charge in [0.25, 0.3) is 0 Å². The van der Waals surface area contributed by atoms with Gasteiger partial charge < -0.3 is 15.2 Å². The maximum atomic E-state index is 11.2. The molecule has 0 saturated carbocycles. The van der Waals surface area contributed by atoms with Crippen LogP contribution in [0.4, 0.5) is 11.4 Å². The number of ether oxygens (including phenoxy) is 1. The van der Waals surface area contributed by atoms with E-state index in [1.165, 1.54) is 0 Å². The number of nitro groups is 1. The minimum atomic E-state index is -0.840. The van der Waals surface area contributed by atoms with Crippen molar-refractivity contribution in [2.75, 3.05) is 11.9 Å². The van der Waals surface area contributed by atoms with Gasteiger partial charge in [-0.3, -0.25) is 14.9 Å². The molecule has 2 N–H and O–H groups in total. The molecule has 7 nitrogen and oxygen atoms in total. The topological polar surface area (TPSA) is 102 Å². The molecule has 0 spiro atoms. The zero-order valence-electron chi connectivity index (χ0n) is 12.2. The number of hydrogen-bond acceptors (Lipinski definition) is 5. The lowest BCUT2D eigenvalue weighted by atomic mass is 10.2. The lowest BCUT2D eigenvalue weighted by Gasteiger charge is -2.13. The molecule has 0 atom stereocenters. The van der Waals surface area contributed by atoms with Gasteiger partial charge in [-0.1, -0.05) is 6.07 Å². The number of hydrogen-bond donors (Lipinski definition) is 2. The van der Waals surface area contributed by atoms with Crippen LogP contribution in [0.5, 0.6) is 5.75 Å². The van der Waals surface area contributed by atoms with E-state index in [1.807, 2.05) is 0 Å². The van der Waals surface area contributed by atoms with Gasteiger partial charge in [0.05, 0.1) is 11.0 Å². The van der Waals surface area contributed by atoms with Crippen LogP contribution in [0.3, 0.4) is 0 Å². The van der Waals surface area contributed by atoms with Crippen molar-refractivity contribution in [2.24, 2.45) is 0 Å². The van der Waals surface area contributed by atoms with Gasteiger partial charge in [0.1, 0.15) is 5.69 Å². The predicted molar refractivity (Wildman–Crippen MR) is 78.8 cm³/mol. The molecule has 21 heavy (non-hydrogen) atoms. The Morgan fingerprint density at radius 1 is 1.43 bits per heavy atom. The molecule has 0 aromatic heterocycles. The first-order valence-corrected chi connectivity index (χ1v) is 6.81. The van der Waals surface area contributed by atoms with Gasteiger partial charge in [-0.05, 0) is 38.8 Å². The predicted octanol–water partition coefficient (Wildman–Crippen LogP) is 3.05. The summed E-state index contributed by atoms with van der Waals surface area (Å²) in [4.78, 5) is 21.1. The number of para-hydroxylation sites is 1. The average Bonchev–Trinajstić information content (AvgIpc) is 2.36. The van der Waals surface area contributed by atoms with Gasteiger partial charge >= 0.3 is 11.7 Å². The third kappa shape index (κ3) is 5.68. The normalized spacial score (nSPS) is 10.4. The Bertz CT molecular complexity index is 502. The number of nitrogens with zero attached hydrogens (tertiary/aromatic N) is 1. The second kappa shape index (κ2) is 8.08. The van der Waals surface area contributed by atoms with Crippen LogP contribution in [0.25, 0.3) is 0 Å². The third-order valence-electron chi connectivity index (χ3n) is 2.68. The number of carbonyl (C=O) groups is 1. The van der Waals surface area contributed by atoms with E-state index in [9.17, 15) is 14.9 Å². The van der Waals surface area contributed by atoms with E-state index < -0.39 is 10.9 Å². The second-order valence-corrected chi connectivity index (χ2v) is 4.85. The number of nitrogens with one attached hydrogen (secondary N) is 1. The lowest BCUT2D eigenvalue weighted by molar-refractivity contribution is -0.385. The van der Waals surface area contributed by atoms with Crippen molar-refractivity contribution in [3.05, 3.63) is 28.3 Å². The largest absolute Gasteiger partial charge is 0.484 e. The smallest absolute Gasteiger partial charge is 0.333 e. The molecule has 1 aromatic rings. The Morgan fingerprint density at radius 3 is 2.71 bits per heavy atom. The van der Waals surface area contributed by atoms with Crippen LogP contribution >= 0.6 is 0 Å². The molecule has 0 radical (unpaired) electrons. The van der Waals surface area contributed by atoms with E-state index in [2.05, 4.69) is 5.32 Å². The Kier molecular flexibility index (Phi) is 6.45. The fraction of sp³-hybridized carbons (Fsp3) is 0.500. The number of carboxylic acid groups (broad SMARTS) is 1. The summed E-state index contributed by atoms with van der Waals surface area (Å²) in [6.45, 7) is 4.07. The monoisotopic (exact) mass is 296 g/mol. The van der Waals surface area contributed by atoms with Crippen molar-refractivity contribution < 1.29 is 19.6 Å². The molecule has 7 heteroatoms. The fourth-order valence-corrected chi connectivity index (χ4v) is 1.83. The number of nitro benzene ring substituents is 1. The molecular formula is C14H20N2O5. The SMILES string of the molecule is CC(C)Oc1cccc(NCCCCC(=O)O)c1[N+](=O)[O-]. The number of anilines is 1. The first-order chi connectivity index (χ1) is 9.91. The van der Waals surface area contributed by atoms with E-state index >= 15 is 0 Å². The van der Waals surface area contributed by atoms with Crippen LogP contribution in [0.1, 0.15) is 33.1 Å². The van der Waals surface area contributed by atoms with E-state index in [-0.39, 0.29) is 24.0 Å². The summed E-state index contributed by atoms with van der Waals surface area (Å²) in [5, 5.41) is 22.7. The summed E-state index contributed by atoms with van der Waals surface area (Å²) < 4.78 is 5.45. The maximum Gasteiger partial charge on any atom is 0.333 e. The van der Waals surface area contributed by atoms with Crippen LogP contribution in [0.2, 0.25) is 0 Å². The Balaban J connectivity index is 2.72. The number of aliphatic carboxylic acids is 1. The van der Waals surface area contributed by atoms with E-state index in [0.29, 0.717) is 25.1 Å². The lowest BCUT2D eigenvalue weighted by Crippen LogP contribution is -2.10. The summed E-state index contributed by atoms with van der Waals surface area (Å²) in [6.07, 6.45) is 1.09. The molecule has 0 aliphatic heterocycles. The molecule has 0 amide bonds. The summed E-state index contributed by atoms with van der Waals surface area (Å²) in [6, 6.07) is 4.86. The Morgan fingerprint density at radius 2 is 2.14 bits per heavy atom. The quantitative estimate of drug-likeness (QED) is 0.412. The average molecular weight is 296 g/mol. The third-order valence-corrected chi connectivity index (χ3v) is 2.68. The number of benzene rings is 1. The Labute approximate surface area is 123 Å². The van der Waals surface area contributed by atoms with E-state index in [1.54, 1.807) is 32.0 Å². The molecule has 1 rings (SSSR count). The number of carboxylic acids is 1. The van der Waals surface area contributed by atoms with Crippen molar-refractivity contribution >= 4 is 17.3 Å². The highest BCUT2D eigenvalue weighted by atomic mass is 16.6. The van der Waals surface area contributed by atoms with Crippen molar-refractivity contribution in [1.82, 2.24) is 0 Å². The molecule has 0 aliphatic carbocycles. The van der Waals surface area contributed by atoms with E-state index in [4.69, 9.17) is 9.84 Å². The molecule has 0 saturated heterocycles. The van der Waals surface area contributed by atoms with Crippen LogP contribution < -0.4 is 10.1 Å². The summed E-state index contributed by atoms with van der Waals surface area (Å²) in [5.74, 6) is -0.612. The zero-order valence-corrected chi connectivity index (χ0v) is 12.2. The second-order valence-electron chi connectivity index (χ2n) is 4.85. The standard InChI is InChI=1S/C14H20N2O5/c1-10(2)21-12-7-5-6-11(14(12)16(19)20)15-9-4-3-8-13(17)18/h5-7,10,15H,3-4,8-9H2,1-2H3,(H,17,18). The number of unbranched alkanes of at least 4 members (excludes halogenated alkanes) is 1. The highest BCUT2D eigenvalue weighted by molar-refractivity contribution is 5.68. The van der Waals surface area contributed by atoms with Gasteiger partial charge in [-0.15, -0.1) is 0 Å².